The number of benzene rings is 1. The summed E-state index contributed by atoms with van der Waals surface area (Å²) in [4.78, 5) is 20.5. The van der Waals surface area contributed by atoms with Crippen LogP contribution in [0.3, 0.4) is 0 Å². The van der Waals surface area contributed by atoms with Crippen molar-refractivity contribution in [3.63, 3.8) is 0 Å². The van der Waals surface area contributed by atoms with Gasteiger partial charge in [0.1, 0.15) is 0 Å². The zero-order valence-corrected chi connectivity index (χ0v) is 15.0. The molecule has 0 N–H and O–H groups in total. The van der Waals surface area contributed by atoms with Crippen molar-refractivity contribution >= 4 is 33.3 Å². The summed E-state index contributed by atoms with van der Waals surface area (Å²) in [5.41, 5.74) is 2.14. The third-order valence-corrected chi connectivity index (χ3v) is 5.93. The zero-order valence-electron chi connectivity index (χ0n) is 13.3. The van der Waals surface area contributed by atoms with Gasteiger partial charge >= 0.3 is 0 Å². The molecule has 126 valence electrons. The number of anilines is 1. The molecule has 6 nitrogen and oxygen atoms in total. The van der Waals surface area contributed by atoms with Crippen molar-refractivity contribution in [2.45, 2.75) is 24.5 Å². The molecule has 0 spiro atoms. The normalized spacial score (nSPS) is 16.9. The van der Waals surface area contributed by atoms with Gasteiger partial charge in [0.25, 0.3) is 0 Å². The van der Waals surface area contributed by atoms with Gasteiger partial charge in [-0.15, -0.1) is 0 Å². The highest BCUT2D eigenvalue weighted by Gasteiger charge is 2.32. The largest absolute Gasteiger partial charge is 0.293 e. The van der Waals surface area contributed by atoms with E-state index in [0.717, 1.165) is 5.56 Å². The van der Waals surface area contributed by atoms with E-state index in [9.17, 15) is 13.2 Å². The topological polar surface area (TPSA) is 80.2 Å². The number of carbonyl (C=O) groups excluding carboxylic acids is 1. The highest BCUT2D eigenvalue weighted by molar-refractivity contribution is 7.99. The van der Waals surface area contributed by atoms with Gasteiger partial charge in [0.2, 0.25) is 10.0 Å². The molecule has 2 heterocycles. The number of ketones is 1. The highest BCUT2D eigenvalue weighted by Crippen LogP contribution is 2.35. The van der Waals surface area contributed by atoms with Gasteiger partial charge in [-0.3, -0.25) is 9.10 Å². The summed E-state index contributed by atoms with van der Waals surface area (Å²) in [7, 11) is -3.32. The number of hydrogen-bond acceptors (Lipinski definition) is 6. The quantitative estimate of drug-likeness (QED) is 0.460. The van der Waals surface area contributed by atoms with Crippen LogP contribution in [-0.4, -0.2) is 42.2 Å². The van der Waals surface area contributed by atoms with E-state index in [1.165, 1.54) is 22.3 Å². The van der Waals surface area contributed by atoms with Crippen molar-refractivity contribution in [1.82, 2.24) is 9.97 Å². The van der Waals surface area contributed by atoms with E-state index in [4.69, 9.17) is 0 Å². The maximum atomic E-state index is 12.4. The smallest absolute Gasteiger partial charge is 0.232 e. The molecule has 1 aliphatic rings. The van der Waals surface area contributed by atoms with E-state index in [2.05, 4.69) is 9.97 Å². The van der Waals surface area contributed by atoms with Crippen LogP contribution in [0.5, 0.6) is 0 Å². The lowest BCUT2D eigenvalue weighted by Gasteiger charge is -2.21. The highest BCUT2D eigenvalue weighted by atomic mass is 32.2. The summed E-state index contributed by atoms with van der Waals surface area (Å²) in [5.74, 6) is 0.217. The summed E-state index contributed by atoms with van der Waals surface area (Å²) < 4.78 is 25.3. The molecule has 0 saturated carbocycles. The fourth-order valence-electron chi connectivity index (χ4n) is 2.85. The first kappa shape index (κ1) is 16.9. The minimum Gasteiger partial charge on any atom is -0.293 e. The Labute approximate surface area is 145 Å². The molecule has 1 aromatic carbocycles. The van der Waals surface area contributed by atoms with Crippen molar-refractivity contribution in [3.8, 4) is 0 Å². The first-order valence-electron chi connectivity index (χ1n) is 7.41. The molecule has 24 heavy (non-hydrogen) atoms. The van der Waals surface area contributed by atoms with Crippen molar-refractivity contribution in [2.24, 2.45) is 0 Å². The van der Waals surface area contributed by atoms with Gasteiger partial charge in [-0.25, -0.2) is 18.4 Å². The minimum absolute atomic E-state index is 0.0271. The van der Waals surface area contributed by atoms with E-state index < -0.39 is 10.0 Å². The molecule has 2 aromatic rings. The number of hydrogen-bond donors (Lipinski definition) is 0. The third kappa shape index (κ3) is 3.44. The summed E-state index contributed by atoms with van der Waals surface area (Å²) in [6.45, 7) is 1.87. The maximum Gasteiger partial charge on any atom is 0.232 e. The van der Waals surface area contributed by atoms with E-state index >= 15 is 0 Å². The molecule has 1 atom stereocenters. The van der Waals surface area contributed by atoms with E-state index in [1.807, 2.05) is 6.92 Å². The lowest BCUT2D eigenvalue weighted by Crippen LogP contribution is -2.34. The summed E-state index contributed by atoms with van der Waals surface area (Å²) >= 11 is 1.28. The van der Waals surface area contributed by atoms with Crippen molar-refractivity contribution < 1.29 is 13.2 Å². The summed E-state index contributed by atoms with van der Waals surface area (Å²) in [5, 5.41) is 0.559. The average Bonchev–Trinajstić information content (AvgIpc) is 2.88. The Morgan fingerprint density at radius 2 is 2.04 bits per heavy atom. The number of thioether (sulfide) groups is 1. The predicted octanol–water partition coefficient (Wildman–Crippen LogP) is 2.16. The van der Waals surface area contributed by atoms with Gasteiger partial charge in [0.15, 0.2) is 10.9 Å². The zero-order chi connectivity index (χ0) is 17.3. The Kier molecular flexibility index (Phi) is 4.60. The van der Waals surface area contributed by atoms with E-state index in [0.29, 0.717) is 22.8 Å². The van der Waals surface area contributed by atoms with Gasteiger partial charge in [-0.2, -0.15) is 0 Å². The Balaban J connectivity index is 1.77. The first-order chi connectivity index (χ1) is 11.4. The van der Waals surface area contributed by atoms with Crippen LogP contribution in [0.2, 0.25) is 0 Å². The van der Waals surface area contributed by atoms with Crippen LogP contribution in [-0.2, 0) is 16.4 Å². The molecule has 0 unspecified atom stereocenters. The number of sulfonamides is 1. The molecule has 0 bridgehead atoms. The van der Waals surface area contributed by atoms with Gasteiger partial charge in [0.05, 0.1) is 17.7 Å². The minimum atomic E-state index is -3.32. The number of aromatic nitrogens is 2. The fourth-order valence-corrected chi connectivity index (χ4v) is 4.82. The van der Waals surface area contributed by atoms with Crippen LogP contribution in [0.15, 0.2) is 41.8 Å². The predicted molar refractivity (Wildman–Crippen MR) is 94.0 cm³/mol. The second kappa shape index (κ2) is 6.52. The van der Waals surface area contributed by atoms with Crippen molar-refractivity contribution in [3.05, 3.63) is 47.8 Å². The van der Waals surface area contributed by atoms with Gasteiger partial charge in [-0.1, -0.05) is 11.8 Å². The molecule has 1 aromatic heterocycles. The van der Waals surface area contributed by atoms with Crippen molar-refractivity contribution in [1.29, 1.82) is 0 Å². The molecule has 8 heteroatoms. The fraction of sp³-hybridized carbons (Fsp3) is 0.312. The first-order valence-corrected chi connectivity index (χ1v) is 10.2. The number of fused-ring (bicyclic) bond motifs is 1. The number of rotatable bonds is 5. The molecule has 0 fully saturated rings. The molecule has 3 rings (SSSR count). The van der Waals surface area contributed by atoms with Gasteiger partial charge in [-0.05, 0) is 43.2 Å². The Morgan fingerprint density at radius 1 is 1.33 bits per heavy atom. The Bertz CT molecular complexity index is 869. The third-order valence-electron chi connectivity index (χ3n) is 3.79. The van der Waals surface area contributed by atoms with Crippen LogP contribution in [0.4, 0.5) is 5.69 Å². The van der Waals surface area contributed by atoms with Crippen LogP contribution >= 0.6 is 11.8 Å². The molecular formula is C16H17N3O3S2. The van der Waals surface area contributed by atoms with Gasteiger partial charge < -0.3 is 0 Å². The Hall–Kier alpha value is -1.93. The monoisotopic (exact) mass is 363 g/mol. The molecule has 0 radical (unpaired) electrons. The lowest BCUT2D eigenvalue weighted by molar-refractivity contribution is 0.102. The number of Topliss-reactive ketones (excluding diaryl/α,β-unsaturated/α-hetero) is 1. The molecule has 0 aliphatic carbocycles. The van der Waals surface area contributed by atoms with Gasteiger partial charge in [0, 0.05) is 24.0 Å². The second-order valence-corrected chi connectivity index (χ2v) is 8.50. The summed E-state index contributed by atoms with van der Waals surface area (Å²) in [6.07, 6.45) is 5.08. The Morgan fingerprint density at radius 3 is 2.71 bits per heavy atom. The molecule has 0 amide bonds. The van der Waals surface area contributed by atoms with Crippen LogP contribution < -0.4 is 4.31 Å². The van der Waals surface area contributed by atoms with Crippen LogP contribution in [0.25, 0.3) is 0 Å². The van der Waals surface area contributed by atoms with Crippen molar-refractivity contribution in [2.75, 3.05) is 16.3 Å². The summed E-state index contributed by atoms with van der Waals surface area (Å²) in [6, 6.07) is 6.79. The van der Waals surface area contributed by atoms with E-state index in [1.54, 1.807) is 36.7 Å². The average molecular weight is 363 g/mol. The standard InChI is InChI=1S/C16H17N3O3S2/c1-11-8-13-9-12(4-5-14(13)19(11)24(2,21)22)15(20)10-23-16-17-6-3-7-18-16/h3-7,9,11H,8,10H2,1-2H3/t11-/m1/s1. The lowest BCUT2D eigenvalue weighted by atomic mass is 10.0. The number of nitrogens with zero attached hydrogens (tertiary/aromatic N) is 3. The second-order valence-electron chi connectivity index (χ2n) is 5.70. The number of carbonyl (C=O) groups is 1. The molecule has 0 saturated heterocycles. The maximum absolute atomic E-state index is 12.4. The van der Waals surface area contributed by atoms with Crippen LogP contribution in [0.1, 0.15) is 22.8 Å². The molecule has 1 aliphatic heterocycles. The molecular weight excluding hydrogens is 346 g/mol. The van der Waals surface area contributed by atoms with E-state index in [-0.39, 0.29) is 17.6 Å². The SMILES string of the molecule is C[C@@H]1Cc2cc(C(=O)CSc3ncccn3)ccc2N1S(C)(=O)=O. The van der Waals surface area contributed by atoms with Crippen LogP contribution in [0, 0.1) is 0 Å².